The van der Waals surface area contributed by atoms with Gasteiger partial charge in [0.25, 0.3) is 0 Å². The first kappa shape index (κ1) is 21.2. The summed E-state index contributed by atoms with van der Waals surface area (Å²) in [5.74, 6) is 1.12. The van der Waals surface area contributed by atoms with E-state index in [1.807, 2.05) is 12.1 Å². The Morgan fingerprint density at radius 1 is 1.46 bits per heavy atom. The number of hydrogen-bond acceptors (Lipinski definition) is 3. The number of ether oxygens (including phenoxy) is 1. The highest BCUT2D eigenvalue weighted by atomic mass is 127. The van der Waals surface area contributed by atoms with E-state index < -0.39 is 0 Å². The lowest BCUT2D eigenvalue weighted by molar-refractivity contribution is -0.0261. The quantitative estimate of drug-likeness (QED) is 0.401. The number of halogens is 1. The fourth-order valence-corrected chi connectivity index (χ4v) is 2.83. The summed E-state index contributed by atoms with van der Waals surface area (Å²) in [7, 11) is 0. The lowest BCUT2D eigenvalue weighted by Crippen LogP contribution is -2.45. The maximum absolute atomic E-state index is 6.00. The van der Waals surface area contributed by atoms with Gasteiger partial charge in [-0.2, -0.15) is 0 Å². The fraction of sp³-hybridized carbons (Fsp3) is 0.611. The summed E-state index contributed by atoms with van der Waals surface area (Å²) in [5, 5.41) is 3.16. The van der Waals surface area contributed by atoms with Crippen molar-refractivity contribution in [1.29, 1.82) is 0 Å². The highest BCUT2D eigenvalue weighted by Crippen LogP contribution is 2.11. The fourth-order valence-electron chi connectivity index (χ4n) is 2.83. The third-order valence-electron chi connectivity index (χ3n) is 3.92. The van der Waals surface area contributed by atoms with E-state index in [0.29, 0.717) is 18.4 Å². The number of nitrogens with zero attached hydrogens (tertiary/aromatic N) is 2. The highest BCUT2D eigenvalue weighted by molar-refractivity contribution is 14.0. The maximum Gasteiger partial charge on any atom is 0.193 e. The molecule has 0 bridgehead atoms. The minimum absolute atomic E-state index is 0. The van der Waals surface area contributed by atoms with Crippen molar-refractivity contribution in [3.05, 3.63) is 29.8 Å². The predicted molar refractivity (Wildman–Crippen MR) is 112 cm³/mol. The third-order valence-corrected chi connectivity index (χ3v) is 3.92. The Balaban J connectivity index is 0.00000288. The summed E-state index contributed by atoms with van der Waals surface area (Å²) in [5.41, 5.74) is 8.26. The zero-order valence-corrected chi connectivity index (χ0v) is 17.3. The highest BCUT2D eigenvalue weighted by Gasteiger charge is 2.20. The Hall–Kier alpha value is -0.860. The first-order valence-electron chi connectivity index (χ1n) is 8.56. The van der Waals surface area contributed by atoms with E-state index in [2.05, 4.69) is 48.1 Å². The van der Waals surface area contributed by atoms with Crippen LogP contribution in [0.5, 0.6) is 0 Å². The van der Waals surface area contributed by atoms with Crippen LogP contribution in [-0.2, 0) is 11.2 Å². The van der Waals surface area contributed by atoms with Gasteiger partial charge in [-0.3, -0.25) is 9.89 Å². The third kappa shape index (κ3) is 7.36. The van der Waals surface area contributed by atoms with Crippen LogP contribution in [-0.4, -0.2) is 49.7 Å². The van der Waals surface area contributed by atoms with Gasteiger partial charge in [0.2, 0.25) is 0 Å². The lowest BCUT2D eigenvalue weighted by atomic mass is 10.1. The molecule has 1 aromatic carbocycles. The zero-order valence-electron chi connectivity index (χ0n) is 15.0. The Morgan fingerprint density at radius 2 is 2.25 bits per heavy atom. The monoisotopic (exact) mass is 446 g/mol. The van der Waals surface area contributed by atoms with Gasteiger partial charge < -0.3 is 15.8 Å². The topological polar surface area (TPSA) is 62.9 Å². The van der Waals surface area contributed by atoms with Crippen molar-refractivity contribution in [2.24, 2.45) is 16.6 Å². The summed E-state index contributed by atoms with van der Waals surface area (Å²) in [6.07, 6.45) is 1.14. The number of nitrogens with two attached hydrogens (primary N) is 1. The van der Waals surface area contributed by atoms with Gasteiger partial charge in [0.05, 0.1) is 19.3 Å². The molecule has 1 atom stereocenters. The van der Waals surface area contributed by atoms with Crippen molar-refractivity contribution in [1.82, 2.24) is 4.90 Å². The standard InChI is InChI=1S/C18H30N4O.HI/c1-4-15-6-5-7-16(10-15)21-18(19)20-11-17-13-22(8-9-23-17)12-14(2)3;/h5-7,10,14,17H,4,8-9,11-13H2,1-3H3,(H3,19,20,21);1H. The van der Waals surface area contributed by atoms with Crippen molar-refractivity contribution in [2.45, 2.75) is 33.3 Å². The number of rotatable bonds is 6. The predicted octanol–water partition coefficient (Wildman–Crippen LogP) is 2.95. The normalized spacial score (nSPS) is 19.2. The molecule has 0 radical (unpaired) electrons. The molecule has 0 amide bonds. The van der Waals surface area contributed by atoms with Crippen LogP contribution in [0.2, 0.25) is 0 Å². The first-order chi connectivity index (χ1) is 11.1. The number of nitrogens with one attached hydrogen (secondary N) is 1. The number of aliphatic imine (C=N–C) groups is 1. The molecule has 0 spiro atoms. The van der Waals surface area contributed by atoms with Gasteiger partial charge in [-0.05, 0) is 30.0 Å². The van der Waals surface area contributed by atoms with Crippen LogP contribution in [0, 0.1) is 5.92 Å². The number of anilines is 1. The summed E-state index contributed by atoms with van der Waals surface area (Å²) < 4.78 is 5.79. The molecule has 136 valence electrons. The van der Waals surface area contributed by atoms with Gasteiger partial charge in [-0.25, -0.2) is 0 Å². The molecule has 6 heteroatoms. The van der Waals surface area contributed by atoms with Gasteiger partial charge >= 0.3 is 0 Å². The first-order valence-corrected chi connectivity index (χ1v) is 8.56. The van der Waals surface area contributed by atoms with Crippen molar-refractivity contribution in [2.75, 3.05) is 38.1 Å². The summed E-state index contributed by atoms with van der Waals surface area (Å²) in [6, 6.07) is 8.24. The van der Waals surface area contributed by atoms with Crippen LogP contribution in [0.15, 0.2) is 29.3 Å². The molecule has 2 rings (SSSR count). The van der Waals surface area contributed by atoms with Crippen molar-refractivity contribution in [3.8, 4) is 0 Å². The SMILES string of the molecule is CCc1cccc(NC(N)=NCC2CN(CC(C)C)CCO2)c1.I. The van der Waals surface area contributed by atoms with Crippen LogP contribution in [0.4, 0.5) is 5.69 Å². The van der Waals surface area contributed by atoms with Crippen molar-refractivity contribution < 1.29 is 4.74 Å². The maximum atomic E-state index is 6.00. The van der Waals surface area contributed by atoms with Crippen LogP contribution in [0.3, 0.4) is 0 Å². The number of guanidine groups is 1. The number of morpholine rings is 1. The summed E-state index contributed by atoms with van der Waals surface area (Å²) in [4.78, 5) is 6.89. The van der Waals surface area contributed by atoms with E-state index in [1.54, 1.807) is 0 Å². The van der Waals surface area contributed by atoms with Crippen molar-refractivity contribution in [3.63, 3.8) is 0 Å². The molecule has 1 unspecified atom stereocenters. The Morgan fingerprint density at radius 3 is 2.96 bits per heavy atom. The average molecular weight is 446 g/mol. The summed E-state index contributed by atoms with van der Waals surface area (Å²) >= 11 is 0. The van der Waals surface area contributed by atoms with Gasteiger partial charge in [0.15, 0.2) is 5.96 Å². The molecule has 1 saturated heterocycles. The minimum Gasteiger partial charge on any atom is -0.374 e. The van der Waals surface area contributed by atoms with E-state index in [-0.39, 0.29) is 30.1 Å². The summed E-state index contributed by atoms with van der Waals surface area (Å²) in [6.45, 7) is 11.1. The second-order valence-electron chi connectivity index (χ2n) is 6.55. The molecule has 5 nitrogen and oxygen atoms in total. The molecule has 24 heavy (non-hydrogen) atoms. The Labute approximate surface area is 163 Å². The van der Waals surface area contributed by atoms with Gasteiger partial charge in [0.1, 0.15) is 0 Å². The molecule has 1 fully saturated rings. The van der Waals surface area contributed by atoms with Gasteiger partial charge in [0, 0.05) is 25.3 Å². The molecule has 3 N–H and O–H groups in total. The average Bonchev–Trinajstić information content (AvgIpc) is 2.53. The second-order valence-corrected chi connectivity index (χ2v) is 6.55. The zero-order chi connectivity index (χ0) is 16.7. The molecule has 1 aromatic rings. The van der Waals surface area contributed by atoms with Gasteiger partial charge in [-0.15, -0.1) is 24.0 Å². The smallest absolute Gasteiger partial charge is 0.193 e. The molecule has 0 saturated carbocycles. The minimum atomic E-state index is 0. The van der Waals surface area contributed by atoms with E-state index in [9.17, 15) is 0 Å². The van der Waals surface area contributed by atoms with E-state index >= 15 is 0 Å². The van der Waals surface area contributed by atoms with E-state index in [0.717, 1.165) is 38.3 Å². The molecule has 0 aromatic heterocycles. The number of aryl methyl sites for hydroxylation is 1. The van der Waals surface area contributed by atoms with E-state index in [4.69, 9.17) is 10.5 Å². The molecular formula is C18H31IN4O. The van der Waals surface area contributed by atoms with Crippen LogP contribution < -0.4 is 11.1 Å². The van der Waals surface area contributed by atoms with Crippen molar-refractivity contribution >= 4 is 35.6 Å². The van der Waals surface area contributed by atoms with Crippen LogP contribution in [0.1, 0.15) is 26.3 Å². The lowest BCUT2D eigenvalue weighted by Gasteiger charge is -2.33. The Bertz CT molecular complexity index is 521. The second kappa shape index (κ2) is 10.9. The molecule has 1 heterocycles. The van der Waals surface area contributed by atoms with E-state index in [1.165, 1.54) is 5.56 Å². The molecule has 1 aliphatic rings. The van der Waals surface area contributed by atoms with Crippen LogP contribution >= 0.6 is 24.0 Å². The number of hydrogen-bond donors (Lipinski definition) is 2. The van der Waals surface area contributed by atoms with Gasteiger partial charge in [-0.1, -0.05) is 32.9 Å². The largest absolute Gasteiger partial charge is 0.374 e. The molecule has 1 aliphatic heterocycles. The molecule has 0 aliphatic carbocycles. The number of benzene rings is 1. The van der Waals surface area contributed by atoms with Crippen LogP contribution in [0.25, 0.3) is 0 Å². The Kier molecular flexibility index (Phi) is 9.61. The molecular weight excluding hydrogens is 415 g/mol.